The molecule has 2 rings (SSSR count). The van der Waals surface area contributed by atoms with Crippen molar-refractivity contribution in [1.82, 2.24) is 9.88 Å². The molecule has 4 nitrogen and oxygen atoms in total. The lowest BCUT2D eigenvalue weighted by atomic mass is 9.95. The van der Waals surface area contributed by atoms with Gasteiger partial charge >= 0.3 is 0 Å². The van der Waals surface area contributed by atoms with E-state index in [4.69, 9.17) is 4.42 Å². The molecule has 0 spiro atoms. The van der Waals surface area contributed by atoms with E-state index >= 15 is 0 Å². The number of rotatable bonds is 0. The lowest BCUT2D eigenvalue weighted by Gasteiger charge is -2.24. The van der Waals surface area contributed by atoms with E-state index in [0.29, 0.717) is 13.1 Å². The van der Waals surface area contributed by atoms with Crippen LogP contribution >= 0.6 is 0 Å². The van der Waals surface area contributed by atoms with E-state index < -0.39 is 0 Å². The average molecular weight is 194 g/mol. The fourth-order valence-corrected chi connectivity index (χ4v) is 1.58. The molecule has 1 aromatic rings. The third-order valence-electron chi connectivity index (χ3n) is 2.33. The lowest BCUT2D eigenvalue weighted by molar-refractivity contribution is -0.140. The number of aromatic nitrogens is 1. The van der Waals surface area contributed by atoms with Gasteiger partial charge in [0.1, 0.15) is 11.5 Å². The molecule has 0 saturated carbocycles. The molecule has 0 N–H and O–H groups in total. The van der Waals surface area contributed by atoms with Crippen molar-refractivity contribution < 1.29 is 9.21 Å². The highest BCUT2D eigenvalue weighted by Crippen LogP contribution is 2.26. The van der Waals surface area contributed by atoms with Crippen molar-refractivity contribution >= 4 is 5.91 Å². The predicted octanol–water partition coefficient (Wildman–Crippen LogP) is 1.56. The van der Waals surface area contributed by atoms with Gasteiger partial charge in [-0.25, -0.2) is 4.98 Å². The van der Waals surface area contributed by atoms with Crippen molar-refractivity contribution in [3.05, 3.63) is 17.8 Å². The van der Waals surface area contributed by atoms with Gasteiger partial charge in [0.05, 0.1) is 13.1 Å². The minimum atomic E-state index is -0.330. The van der Waals surface area contributed by atoms with Gasteiger partial charge in [-0.05, 0) is 0 Å². The zero-order valence-electron chi connectivity index (χ0n) is 8.70. The van der Waals surface area contributed by atoms with E-state index in [1.165, 1.54) is 6.39 Å². The zero-order chi connectivity index (χ0) is 10.3. The first-order chi connectivity index (χ1) is 6.48. The number of hydrogen-bond donors (Lipinski definition) is 0. The molecule has 0 atom stereocenters. The van der Waals surface area contributed by atoms with Crippen molar-refractivity contribution in [2.45, 2.75) is 33.9 Å². The van der Waals surface area contributed by atoms with E-state index in [-0.39, 0.29) is 11.3 Å². The van der Waals surface area contributed by atoms with Crippen LogP contribution in [0.15, 0.2) is 10.8 Å². The number of nitrogens with zero attached hydrogens (tertiary/aromatic N) is 2. The Labute approximate surface area is 82.9 Å². The van der Waals surface area contributed by atoms with Gasteiger partial charge in [0.2, 0.25) is 5.91 Å². The number of amides is 1. The Kier molecular flexibility index (Phi) is 1.87. The normalized spacial score (nSPS) is 15.8. The van der Waals surface area contributed by atoms with E-state index in [2.05, 4.69) is 4.98 Å². The van der Waals surface area contributed by atoms with Gasteiger partial charge in [-0.15, -0.1) is 0 Å². The molecule has 0 unspecified atom stereocenters. The van der Waals surface area contributed by atoms with E-state index in [9.17, 15) is 4.79 Å². The van der Waals surface area contributed by atoms with Crippen molar-refractivity contribution in [3.63, 3.8) is 0 Å². The maximum atomic E-state index is 11.9. The predicted molar refractivity (Wildman–Crippen MR) is 50.2 cm³/mol. The molecular weight excluding hydrogens is 180 g/mol. The Hall–Kier alpha value is -1.32. The summed E-state index contributed by atoms with van der Waals surface area (Å²) in [6.07, 6.45) is 1.43. The second-order valence-corrected chi connectivity index (χ2v) is 4.63. The molecule has 1 aliphatic rings. The molecule has 2 heterocycles. The molecular formula is C10H14N2O2. The first-order valence-electron chi connectivity index (χ1n) is 4.69. The van der Waals surface area contributed by atoms with Crippen LogP contribution in [0.5, 0.6) is 0 Å². The summed E-state index contributed by atoms with van der Waals surface area (Å²) >= 11 is 0. The molecule has 0 aromatic carbocycles. The minimum absolute atomic E-state index is 0.144. The third-order valence-corrected chi connectivity index (χ3v) is 2.33. The second kappa shape index (κ2) is 2.83. The number of hydrogen-bond acceptors (Lipinski definition) is 3. The summed E-state index contributed by atoms with van der Waals surface area (Å²) in [5.41, 5.74) is 0.561. The Balaban J connectivity index is 2.12. The Bertz CT molecular complexity index is 342. The topological polar surface area (TPSA) is 46.3 Å². The van der Waals surface area contributed by atoms with Crippen LogP contribution in [0.1, 0.15) is 32.2 Å². The van der Waals surface area contributed by atoms with Crippen molar-refractivity contribution in [2.75, 3.05) is 0 Å². The molecule has 0 saturated heterocycles. The maximum Gasteiger partial charge on any atom is 0.228 e. The Morgan fingerprint density at radius 3 is 2.79 bits per heavy atom. The molecule has 0 bridgehead atoms. The van der Waals surface area contributed by atoms with Crippen LogP contribution in [0.2, 0.25) is 0 Å². The van der Waals surface area contributed by atoms with Crippen LogP contribution in [0, 0.1) is 5.41 Å². The van der Waals surface area contributed by atoms with Gasteiger partial charge < -0.3 is 9.32 Å². The molecule has 1 amide bonds. The van der Waals surface area contributed by atoms with Gasteiger partial charge in [0.15, 0.2) is 6.39 Å². The van der Waals surface area contributed by atoms with Gasteiger partial charge in [0.25, 0.3) is 0 Å². The summed E-state index contributed by atoms with van der Waals surface area (Å²) in [4.78, 5) is 17.7. The SMILES string of the molecule is CC(C)(C)C(=O)N1Cc2ncoc2C1. The molecule has 76 valence electrons. The number of oxazole rings is 1. The third kappa shape index (κ3) is 1.41. The molecule has 4 heteroatoms. The first-order valence-corrected chi connectivity index (χ1v) is 4.69. The maximum absolute atomic E-state index is 11.9. The zero-order valence-corrected chi connectivity index (χ0v) is 8.70. The molecule has 0 aliphatic carbocycles. The van der Waals surface area contributed by atoms with Crippen LogP contribution in [-0.2, 0) is 17.9 Å². The second-order valence-electron chi connectivity index (χ2n) is 4.63. The number of carbonyl (C=O) groups excluding carboxylic acids is 1. The standard InChI is InChI=1S/C10H14N2O2/c1-10(2,3)9(13)12-4-7-8(5-12)14-6-11-7/h6H,4-5H2,1-3H3. The van der Waals surface area contributed by atoms with Crippen LogP contribution in [0.3, 0.4) is 0 Å². The first kappa shape index (κ1) is 9.24. The monoisotopic (exact) mass is 194 g/mol. The van der Waals surface area contributed by atoms with Crippen LogP contribution < -0.4 is 0 Å². The molecule has 14 heavy (non-hydrogen) atoms. The molecule has 0 radical (unpaired) electrons. The Morgan fingerprint density at radius 1 is 1.50 bits per heavy atom. The number of fused-ring (bicyclic) bond motifs is 1. The van der Waals surface area contributed by atoms with E-state index in [0.717, 1.165) is 11.5 Å². The largest absolute Gasteiger partial charge is 0.446 e. The fourth-order valence-electron chi connectivity index (χ4n) is 1.58. The van der Waals surface area contributed by atoms with Gasteiger partial charge in [-0.1, -0.05) is 20.8 Å². The van der Waals surface area contributed by atoms with E-state index in [1.54, 1.807) is 4.90 Å². The number of carbonyl (C=O) groups is 1. The summed E-state index contributed by atoms with van der Waals surface area (Å²) in [6, 6.07) is 0. The van der Waals surface area contributed by atoms with Crippen molar-refractivity contribution in [3.8, 4) is 0 Å². The van der Waals surface area contributed by atoms with Crippen molar-refractivity contribution in [2.24, 2.45) is 5.41 Å². The van der Waals surface area contributed by atoms with Gasteiger partial charge in [-0.2, -0.15) is 0 Å². The summed E-state index contributed by atoms with van der Waals surface area (Å²) in [7, 11) is 0. The van der Waals surface area contributed by atoms with Crippen molar-refractivity contribution in [1.29, 1.82) is 0 Å². The van der Waals surface area contributed by atoms with Gasteiger partial charge in [-0.3, -0.25) is 4.79 Å². The lowest BCUT2D eigenvalue weighted by Crippen LogP contribution is -2.35. The minimum Gasteiger partial charge on any atom is -0.446 e. The molecule has 1 aromatic heterocycles. The summed E-state index contributed by atoms with van der Waals surface area (Å²) in [5.74, 6) is 0.966. The summed E-state index contributed by atoms with van der Waals surface area (Å²) < 4.78 is 5.16. The smallest absolute Gasteiger partial charge is 0.228 e. The van der Waals surface area contributed by atoms with Crippen LogP contribution in [-0.4, -0.2) is 15.8 Å². The fraction of sp³-hybridized carbons (Fsp3) is 0.600. The highest BCUT2D eigenvalue weighted by atomic mass is 16.3. The Morgan fingerprint density at radius 2 is 2.21 bits per heavy atom. The van der Waals surface area contributed by atoms with Crippen LogP contribution in [0.4, 0.5) is 0 Å². The molecule has 1 aliphatic heterocycles. The van der Waals surface area contributed by atoms with Crippen LogP contribution in [0.25, 0.3) is 0 Å². The van der Waals surface area contributed by atoms with E-state index in [1.807, 2.05) is 20.8 Å². The quantitative estimate of drug-likeness (QED) is 0.629. The summed E-state index contributed by atoms with van der Waals surface area (Å²) in [5, 5.41) is 0. The van der Waals surface area contributed by atoms with Gasteiger partial charge in [0, 0.05) is 5.41 Å². The summed E-state index contributed by atoms with van der Waals surface area (Å²) in [6.45, 7) is 6.90. The molecule has 0 fully saturated rings. The average Bonchev–Trinajstić information content (AvgIpc) is 2.58. The highest BCUT2D eigenvalue weighted by Gasteiger charge is 2.33. The highest BCUT2D eigenvalue weighted by molar-refractivity contribution is 5.81.